The van der Waals surface area contributed by atoms with Gasteiger partial charge in [0, 0.05) is 16.7 Å². The van der Waals surface area contributed by atoms with Crippen molar-refractivity contribution in [1.82, 2.24) is 14.9 Å². The highest BCUT2D eigenvalue weighted by Crippen LogP contribution is 2.20. The van der Waals surface area contributed by atoms with Crippen molar-refractivity contribution >= 4 is 33.3 Å². The minimum Gasteiger partial charge on any atom is -0.369 e. The van der Waals surface area contributed by atoms with E-state index >= 15 is 0 Å². The van der Waals surface area contributed by atoms with Gasteiger partial charge in [0.05, 0.1) is 12.4 Å². The predicted molar refractivity (Wildman–Crippen MR) is 101 cm³/mol. The maximum atomic E-state index is 12.2. The van der Waals surface area contributed by atoms with Crippen LogP contribution in [-0.2, 0) is 0 Å². The Hall–Kier alpha value is -1.99. The first kappa shape index (κ1) is 18.4. The summed E-state index contributed by atoms with van der Waals surface area (Å²) in [6, 6.07) is 5.64. The van der Waals surface area contributed by atoms with Crippen LogP contribution in [0.25, 0.3) is 0 Å². The van der Waals surface area contributed by atoms with Crippen LogP contribution in [0.1, 0.15) is 22.5 Å². The van der Waals surface area contributed by atoms with E-state index in [0.29, 0.717) is 5.82 Å². The molecule has 0 aliphatic rings. The Morgan fingerprint density at radius 2 is 2.04 bits per heavy atom. The van der Waals surface area contributed by atoms with E-state index in [1.54, 1.807) is 6.20 Å². The smallest absolute Gasteiger partial charge is 0.275 e. The average Bonchev–Trinajstić information content (AvgIpc) is 2.55. The highest BCUT2D eigenvalue weighted by Gasteiger charge is 2.09. The third-order valence-electron chi connectivity index (χ3n) is 3.39. The molecule has 0 bridgehead atoms. The van der Waals surface area contributed by atoms with Crippen LogP contribution >= 0.6 is 15.9 Å². The number of rotatable bonds is 7. The molecule has 128 valence electrons. The molecule has 0 aliphatic heterocycles. The van der Waals surface area contributed by atoms with Crippen LogP contribution in [-0.4, -0.2) is 48.0 Å². The summed E-state index contributed by atoms with van der Waals surface area (Å²) in [7, 11) is 4.08. The molecule has 0 spiro atoms. The molecular formula is C17H22BrN5O. The molecule has 1 aromatic heterocycles. The minimum absolute atomic E-state index is 0.275. The lowest BCUT2D eigenvalue weighted by Crippen LogP contribution is -2.17. The van der Waals surface area contributed by atoms with E-state index in [0.717, 1.165) is 35.2 Å². The Kier molecular flexibility index (Phi) is 6.69. The molecule has 0 aliphatic carbocycles. The van der Waals surface area contributed by atoms with Gasteiger partial charge in [-0.15, -0.1) is 0 Å². The summed E-state index contributed by atoms with van der Waals surface area (Å²) in [6.07, 6.45) is 4.08. The fraction of sp³-hybridized carbons (Fsp3) is 0.353. The van der Waals surface area contributed by atoms with Gasteiger partial charge >= 0.3 is 0 Å². The van der Waals surface area contributed by atoms with Crippen molar-refractivity contribution in [3.8, 4) is 0 Å². The average molecular weight is 392 g/mol. The number of carbonyl (C=O) groups is 1. The van der Waals surface area contributed by atoms with Crippen molar-refractivity contribution in [1.29, 1.82) is 0 Å². The van der Waals surface area contributed by atoms with Crippen LogP contribution in [0.5, 0.6) is 0 Å². The van der Waals surface area contributed by atoms with Crippen molar-refractivity contribution < 1.29 is 4.79 Å². The zero-order valence-electron chi connectivity index (χ0n) is 14.1. The van der Waals surface area contributed by atoms with Gasteiger partial charge in [-0.25, -0.2) is 9.97 Å². The quantitative estimate of drug-likeness (QED) is 0.709. The van der Waals surface area contributed by atoms with E-state index < -0.39 is 0 Å². The lowest BCUT2D eigenvalue weighted by atomic mass is 10.2. The van der Waals surface area contributed by atoms with Crippen molar-refractivity contribution in [2.45, 2.75) is 13.3 Å². The largest absolute Gasteiger partial charge is 0.369 e. The third kappa shape index (κ3) is 5.58. The van der Waals surface area contributed by atoms with E-state index in [4.69, 9.17) is 0 Å². The molecule has 6 nitrogen and oxygen atoms in total. The zero-order chi connectivity index (χ0) is 17.5. The van der Waals surface area contributed by atoms with E-state index in [2.05, 4.69) is 41.4 Å². The SMILES string of the molecule is Cc1cc(NC(=O)c2cnc(NCCCN(C)C)cn2)ccc1Br. The number of hydrogen-bond acceptors (Lipinski definition) is 5. The summed E-state index contributed by atoms with van der Waals surface area (Å²) in [6.45, 7) is 3.79. The predicted octanol–water partition coefficient (Wildman–Crippen LogP) is 3.16. The van der Waals surface area contributed by atoms with Crippen molar-refractivity contribution in [3.63, 3.8) is 0 Å². The first-order chi connectivity index (χ1) is 11.5. The number of carbonyl (C=O) groups excluding carboxylic acids is 1. The van der Waals surface area contributed by atoms with Gasteiger partial charge < -0.3 is 15.5 Å². The second-order valence-corrected chi connectivity index (χ2v) is 6.64. The molecule has 2 rings (SSSR count). The third-order valence-corrected chi connectivity index (χ3v) is 4.28. The number of hydrogen-bond donors (Lipinski definition) is 2. The maximum absolute atomic E-state index is 12.2. The molecule has 24 heavy (non-hydrogen) atoms. The monoisotopic (exact) mass is 391 g/mol. The van der Waals surface area contributed by atoms with Gasteiger partial charge in [0.15, 0.2) is 0 Å². The molecule has 1 amide bonds. The topological polar surface area (TPSA) is 70.2 Å². The van der Waals surface area contributed by atoms with Crippen LogP contribution in [0.2, 0.25) is 0 Å². The minimum atomic E-state index is -0.275. The summed E-state index contributed by atoms with van der Waals surface area (Å²) in [5.41, 5.74) is 2.07. The number of amides is 1. The van der Waals surface area contributed by atoms with Crippen LogP contribution < -0.4 is 10.6 Å². The Bertz CT molecular complexity index is 688. The van der Waals surface area contributed by atoms with Gasteiger partial charge in [0.1, 0.15) is 11.5 Å². The van der Waals surface area contributed by atoms with Crippen LogP contribution in [0.3, 0.4) is 0 Å². The Labute approximate surface area is 150 Å². The van der Waals surface area contributed by atoms with E-state index in [1.807, 2.05) is 39.2 Å². The zero-order valence-corrected chi connectivity index (χ0v) is 15.7. The van der Waals surface area contributed by atoms with E-state index in [9.17, 15) is 4.79 Å². The molecule has 2 N–H and O–H groups in total. The first-order valence-electron chi connectivity index (χ1n) is 7.74. The van der Waals surface area contributed by atoms with Gasteiger partial charge in [0.25, 0.3) is 5.91 Å². The molecule has 1 heterocycles. The first-order valence-corrected chi connectivity index (χ1v) is 8.53. The fourth-order valence-corrected chi connectivity index (χ4v) is 2.31. The van der Waals surface area contributed by atoms with Gasteiger partial charge in [-0.2, -0.15) is 0 Å². The van der Waals surface area contributed by atoms with Gasteiger partial charge in [0.2, 0.25) is 0 Å². The highest BCUT2D eigenvalue weighted by molar-refractivity contribution is 9.10. The summed E-state index contributed by atoms with van der Waals surface area (Å²) in [5, 5.41) is 6.01. The Morgan fingerprint density at radius 3 is 2.67 bits per heavy atom. The summed E-state index contributed by atoms with van der Waals surface area (Å²) >= 11 is 3.44. The lowest BCUT2D eigenvalue weighted by molar-refractivity contribution is 0.102. The van der Waals surface area contributed by atoms with Gasteiger partial charge in [-0.1, -0.05) is 15.9 Å². The second kappa shape index (κ2) is 8.75. The van der Waals surface area contributed by atoms with E-state index in [1.165, 1.54) is 6.20 Å². The number of halogens is 1. The number of aromatic nitrogens is 2. The standard InChI is InChI=1S/C17H22BrN5O/c1-12-9-13(5-6-14(12)18)22-17(24)15-10-21-16(11-20-15)19-7-4-8-23(2)3/h5-6,9-11H,4,7-8H2,1-3H3,(H,19,21)(H,22,24). The number of nitrogens with one attached hydrogen (secondary N) is 2. The van der Waals surface area contributed by atoms with E-state index in [-0.39, 0.29) is 11.6 Å². The molecule has 0 radical (unpaired) electrons. The summed E-state index contributed by atoms with van der Waals surface area (Å²) in [4.78, 5) is 22.7. The number of benzene rings is 1. The normalized spacial score (nSPS) is 10.7. The van der Waals surface area contributed by atoms with Crippen LogP contribution in [0, 0.1) is 6.92 Å². The summed E-state index contributed by atoms with van der Waals surface area (Å²) in [5.74, 6) is 0.396. The van der Waals surface area contributed by atoms with Crippen molar-refractivity contribution in [2.24, 2.45) is 0 Å². The number of nitrogens with zero attached hydrogens (tertiary/aromatic N) is 3. The maximum Gasteiger partial charge on any atom is 0.275 e. The van der Waals surface area contributed by atoms with Crippen molar-refractivity contribution in [2.75, 3.05) is 37.8 Å². The Balaban J connectivity index is 1.89. The van der Waals surface area contributed by atoms with Gasteiger partial charge in [-0.05, 0) is 57.7 Å². The Morgan fingerprint density at radius 1 is 1.25 bits per heavy atom. The lowest BCUT2D eigenvalue weighted by Gasteiger charge is -2.10. The fourth-order valence-electron chi connectivity index (χ4n) is 2.07. The number of anilines is 2. The molecule has 7 heteroatoms. The second-order valence-electron chi connectivity index (χ2n) is 5.79. The van der Waals surface area contributed by atoms with Gasteiger partial charge in [-0.3, -0.25) is 4.79 Å². The molecule has 0 atom stereocenters. The highest BCUT2D eigenvalue weighted by atomic mass is 79.9. The molecular weight excluding hydrogens is 370 g/mol. The molecule has 1 aromatic carbocycles. The molecule has 0 saturated heterocycles. The molecule has 0 fully saturated rings. The van der Waals surface area contributed by atoms with Crippen molar-refractivity contribution in [3.05, 3.63) is 46.3 Å². The van der Waals surface area contributed by atoms with Crippen LogP contribution in [0.4, 0.5) is 11.5 Å². The summed E-state index contributed by atoms with van der Waals surface area (Å²) < 4.78 is 1.00. The number of aryl methyl sites for hydroxylation is 1. The molecule has 0 saturated carbocycles. The molecule has 0 unspecified atom stereocenters. The van der Waals surface area contributed by atoms with Crippen LogP contribution in [0.15, 0.2) is 35.1 Å². The molecule has 2 aromatic rings.